The van der Waals surface area contributed by atoms with Crippen LogP contribution in [0.15, 0.2) is 23.7 Å². The van der Waals surface area contributed by atoms with Gasteiger partial charge in [-0.05, 0) is 36.8 Å². The standard InChI is InChI=1S/C17H23N5O2S/c1-12-5-11-25-14(12)15(23)22-9-6-17(7-10-22,16(24)18-2)19-13-4-8-21(3)20-13/h4-5,8,11H,6-7,9-10H2,1-3H3,(H,18,24)(H,19,20). The van der Waals surface area contributed by atoms with Crippen molar-refractivity contribution in [3.8, 4) is 0 Å². The van der Waals surface area contributed by atoms with E-state index < -0.39 is 5.54 Å². The number of amides is 2. The molecule has 1 saturated heterocycles. The zero-order valence-electron chi connectivity index (χ0n) is 14.7. The van der Waals surface area contributed by atoms with Gasteiger partial charge in [-0.25, -0.2) is 0 Å². The number of thiophene rings is 1. The Kier molecular flexibility index (Phi) is 4.80. The monoisotopic (exact) mass is 361 g/mol. The van der Waals surface area contributed by atoms with E-state index in [0.717, 1.165) is 10.4 Å². The van der Waals surface area contributed by atoms with Crippen molar-refractivity contribution < 1.29 is 9.59 Å². The van der Waals surface area contributed by atoms with Gasteiger partial charge in [0.25, 0.3) is 5.91 Å². The van der Waals surface area contributed by atoms with Gasteiger partial charge in [-0.2, -0.15) is 5.10 Å². The van der Waals surface area contributed by atoms with Gasteiger partial charge in [0.2, 0.25) is 5.91 Å². The van der Waals surface area contributed by atoms with Gasteiger partial charge in [-0.15, -0.1) is 11.3 Å². The van der Waals surface area contributed by atoms with E-state index in [1.165, 1.54) is 11.3 Å². The topological polar surface area (TPSA) is 79.3 Å². The summed E-state index contributed by atoms with van der Waals surface area (Å²) in [6.45, 7) is 3.01. The first-order valence-corrected chi connectivity index (χ1v) is 9.16. The van der Waals surface area contributed by atoms with Crippen LogP contribution in [0.2, 0.25) is 0 Å². The van der Waals surface area contributed by atoms with Crippen LogP contribution in [0.5, 0.6) is 0 Å². The highest BCUT2D eigenvalue weighted by molar-refractivity contribution is 7.12. The van der Waals surface area contributed by atoms with E-state index in [0.29, 0.717) is 31.7 Å². The van der Waals surface area contributed by atoms with Crippen LogP contribution in [0.1, 0.15) is 28.1 Å². The number of piperidine rings is 1. The van der Waals surface area contributed by atoms with Crippen molar-refractivity contribution in [3.63, 3.8) is 0 Å². The van der Waals surface area contributed by atoms with E-state index in [4.69, 9.17) is 0 Å². The Balaban J connectivity index is 1.74. The summed E-state index contributed by atoms with van der Waals surface area (Å²) in [7, 11) is 3.47. The molecule has 1 fully saturated rings. The zero-order chi connectivity index (χ0) is 18.0. The van der Waals surface area contributed by atoms with Crippen molar-refractivity contribution in [1.29, 1.82) is 0 Å². The number of aryl methyl sites for hydroxylation is 2. The molecule has 1 aliphatic heterocycles. The summed E-state index contributed by atoms with van der Waals surface area (Å²) in [5.74, 6) is 0.647. The fraction of sp³-hybridized carbons (Fsp3) is 0.471. The number of carbonyl (C=O) groups is 2. The third kappa shape index (κ3) is 3.39. The summed E-state index contributed by atoms with van der Waals surface area (Å²) in [6, 6.07) is 3.80. The molecule has 134 valence electrons. The quantitative estimate of drug-likeness (QED) is 0.867. The molecule has 2 N–H and O–H groups in total. The van der Waals surface area contributed by atoms with Gasteiger partial charge in [0.15, 0.2) is 0 Å². The molecule has 3 heterocycles. The minimum atomic E-state index is -0.746. The molecule has 0 atom stereocenters. The minimum Gasteiger partial charge on any atom is -0.357 e. The number of nitrogens with one attached hydrogen (secondary N) is 2. The molecule has 2 aromatic rings. The van der Waals surface area contributed by atoms with Crippen molar-refractivity contribution in [2.24, 2.45) is 7.05 Å². The molecule has 3 rings (SSSR count). The Labute approximate surface area is 151 Å². The second kappa shape index (κ2) is 6.87. The summed E-state index contributed by atoms with van der Waals surface area (Å²) in [5.41, 5.74) is 0.259. The van der Waals surface area contributed by atoms with Crippen molar-refractivity contribution in [2.75, 3.05) is 25.5 Å². The molecule has 0 aliphatic carbocycles. The molecule has 25 heavy (non-hydrogen) atoms. The average molecular weight is 361 g/mol. The lowest BCUT2D eigenvalue weighted by Gasteiger charge is -2.40. The van der Waals surface area contributed by atoms with E-state index in [-0.39, 0.29) is 11.8 Å². The molecule has 1 aliphatic rings. The van der Waals surface area contributed by atoms with Crippen molar-refractivity contribution >= 4 is 29.0 Å². The van der Waals surface area contributed by atoms with E-state index in [9.17, 15) is 9.59 Å². The van der Waals surface area contributed by atoms with Crippen LogP contribution in [0.3, 0.4) is 0 Å². The van der Waals surface area contributed by atoms with Crippen molar-refractivity contribution in [2.45, 2.75) is 25.3 Å². The number of nitrogens with zero attached hydrogens (tertiary/aromatic N) is 3. The molecule has 2 amide bonds. The molecule has 7 nitrogen and oxygen atoms in total. The Morgan fingerprint density at radius 3 is 2.52 bits per heavy atom. The smallest absolute Gasteiger partial charge is 0.264 e. The molecular weight excluding hydrogens is 338 g/mol. The van der Waals surface area contributed by atoms with Crippen LogP contribution in [0.25, 0.3) is 0 Å². The van der Waals surface area contributed by atoms with Crippen LogP contribution in [-0.4, -0.2) is 52.2 Å². The summed E-state index contributed by atoms with van der Waals surface area (Å²) in [6.07, 6.45) is 2.91. The zero-order valence-corrected chi connectivity index (χ0v) is 15.5. The second-order valence-electron chi connectivity index (χ2n) is 6.39. The van der Waals surface area contributed by atoms with Gasteiger partial charge in [0, 0.05) is 39.4 Å². The molecular formula is C17H23N5O2S. The fourth-order valence-electron chi connectivity index (χ4n) is 3.20. The van der Waals surface area contributed by atoms with Crippen LogP contribution >= 0.6 is 11.3 Å². The van der Waals surface area contributed by atoms with E-state index in [1.54, 1.807) is 11.7 Å². The predicted octanol–water partition coefficient (Wildman–Crippen LogP) is 1.62. The third-order valence-corrected chi connectivity index (χ3v) is 5.71. The number of carbonyl (C=O) groups excluding carboxylic acids is 2. The van der Waals surface area contributed by atoms with Gasteiger partial charge in [-0.1, -0.05) is 0 Å². The van der Waals surface area contributed by atoms with Crippen molar-refractivity contribution in [3.05, 3.63) is 34.2 Å². The van der Waals surface area contributed by atoms with Gasteiger partial charge < -0.3 is 15.5 Å². The highest BCUT2D eigenvalue weighted by Gasteiger charge is 2.42. The van der Waals surface area contributed by atoms with E-state index >= 15 is 0 Å². The van der Waals surface area contributed by atoms with Gasteiger partial charge >= 0.3 is 0 Å². The second-order valence-corrected chi connectivity index (χ2v) is 7.30. The normalized spacial score (nSPS) is 16.5. The minimum absolute atomic E-state index is 0.0517. The summed E-state index contributed by atoms with van der Waals surface area (Å²) in [5, 5.41) is 12.3. The summed E-state index contributed by atoms with van der Waals surface area (Å²) >= 11 is 1.47. The van der Waals surface area contributed by atoms with Gasteiger partial charge in [-0.3, -0.25) is 14.3 Å². The Hall–Kier alpha value is -2.35. The number of hydrogen-bond acceptors (Lipinski definition) is 5. The molecule has 0 unspecified atom stereocenters. The maximum atomic E-state index is 12.7. The maximum absolute atomic E-state index is 12.7. The largest absolute Gasteiger partial charge is 0.357 e. The third-order valence-electron chi connectivity index (χ3n) is 4.70. The highest BCUT2D eigenvalue weighted by Crippen LogP contribution is 2.29. The van der Waals surface area contributed by atoms with E-state index in [1.807, 2.05) is 42.6 Å². The Morgan fingerprint density at radius 2 is 2.00 bits per heavy atom. The van der Waals surface area contributed by atoms with Crippen LogP contribution < -0.4 is 10.6 Å². The summed E-state index contributed by atoms with van der Waals surface area (Å²) < 4.78 is 1.69. The lowest BCUT2D eigenvalue weighted by molar-refractivity contribution is -0.126. The van der Waals surface area contributed by atoms with Crippen LogP contribution in [0, 0.1) is 6.92 Å². The molecule has 0 spiro atoms. The van der Waals surface area contributed by atoms with Gasteiger partial charge in [0.05, 0.1) is 4.88 Å². The first-order chi connectivity index (χ1) is 11.9. The van der Waals surface area contributed by atoms with Crippen LogP contribution in [0.4, 0.5) is 5.82 Å². The molecule has 8 heteroatoms. The lowest BCUT2D eigenvalue weighted by atomic mass is 9.86. The Bertz CT molecular complexity index is 774. The number of anilines is 1. The number of aromatic nitrogens is 2. The molecule has 0 radical (unpaired) electrons. The number of hydrogen-bond donors (Lipinski definition) is 2. The fourth-order valence-corrected chi connectivity index (χ4v) is 4.09. The Morgan fingerprint density at radius 1 is 1.28 bits per heavy atom. The predicted molar refractivity (Wildman–Crippen MR) is 97.8 cm³/mol. The highest BCUT2D eigenvalue weighted by atomic mass is 32.1. The number of likely N-dealkylation sites (N-methyl/N-ethyl adjacent to an activating group) is 1. The first kappa shape index (κ1) is 17.5. The molecule has 0 bridgehead atoms. The lowest BCUT2D eigenvalue weighted by Crippen LogP contribution is -2.58. The average Bonchev–Trinajstić information content (AvgIpc) is 3.22. The van der Waals surface area contributed by atoms with Crippen LogP contribution in [-0.2, 0) is 11.8 Å². The molecule has 2 aromatic heterocycles. The number of rotatable bonds is 4. The maximum Gasteiger partial charge on any atom is 0.264 e. The van der Waals surface area contributed by atoms with Gasteiger partial charge in [0.1, 0.15) is 11.4 Å². The van der Waals surface area contributed by atoms with E-state index in [2.05, 4.69) is 15.7 Å². The molecule has 0 saturated carbocycles. The SMILES string of the molecule is CNC(=O)C1(Nc2ccn(C)n2)CCN(C(=O)c2sccc2C)CC1. The first-order valence-electron chi connectivity index (χ1n) is 8.28. The van der Waals surface area contributed by atoms with Crippen molar-refractivity contribution in [1.82, 2.24) is 20.0 Å². The summed E-state index contributed by atoms with van der Waals surface area (Å²) in [4.78, 5) is 27.9. The number of likely N-dealkylation sites (tertiary alicyclic amines) is 1. The molecule has 0 aromatic carbocycles.